The Bertz CT molecular complexity index is 1210. The molecule has 0 bridgehead atoms. The minimum atomic E-state index is -4.36. The van der Waals surface area contributed by atoms with Gasteiger partial charge in [0.15, 0.2) is 0 Å². The summed E-state index contributed by atoms with van der Waals surface area (Å²) in [5.74, 6) is 0.483. The van der Waals surface area contributed by atoms with Crippen LogP contribution < -0.4 is 5.32 Å². The fourth-order valence-electron chi connectivity index (χ4n) is 3.90. The van der Waals surface area contributed by atoms with E-state index in [2.05, 4.69) is 54.9 Å². The van der Waals surface area contributed by atoms with Gasteiger partial charge in [-0.15, -0.1) is 0 Å². The molecule has 0 saturated carbocycles. The number of fused-ring (bicyclic) bond motifs is 1. The van der Waals surface area contributed by atoms with Crippen LogP contribution in [0.3, 0.4) is 0 Å². The summed E-state index contributed by atoms with van der Waals surface area (Å²) in [6.07, 6.45) is 2.08. The Labute approximate surface area is 193 Å². The molecule has 33 heavy (non-hydrogen) atoms. The van der Waals surface area contributed by atoms with Crippen LogP contribution in [0.15, 0.2) is 72.0 Å². The van der Waals surface area contributed by atoms with Gasteiger partial charge in [0, 0.05) is 53.6 Å². The van der Waals surface area contributed by atoms with E-state index in [1.54, 1.807) is 11.9 Å². The quantitative estimate of drug-likeness (QED) is 0.340. The van der Waals surface area contributed by atoms with Crippen molar-refractivity contribution in [1.82, 2.24) is 19.3 Å². The highest BCUT2D eigenvalue weighted by atomic mass is 32.2. The Balaban J connectivity index is 1.13. The van der Waals surface area contributed by atoms with Gasteiger partial charge in [-0.2, -0.15) is 13.2 Å². The zero-order chi connectivity index (χ0) is 22.8. The number of hydrogen-bond donors (Lipinski definition) is 2. The zero-order valence-corrected chi connectivity index (χ0v) is 18.5. The minimum absolute atomic E-state index is 0.198. The lowest BCUT2D eigenvalue weighted by Gasteiger charge is -2.31. The molecular weight excluding hydrogens is 447 g/mol. The van der Waals surface area contributed by atoms with E-state index in [0.717, 1.165) is 60.4 Å². The average Bonchev–Trinajstić information content (AvgIpc) is 3.29. The van der Waals surface area contributed by atoms with Crippen LogP contribution in [0.1, 0.15) is 18.4 Å². The van der Waals surface area contributed by atoms with Gasteiger partial charge in [0.25, 0.3) is 0 Å². The number of rotatable bonds is 5. The van der Waals surface area contributed by atoms with Crippen LogP contribution in [0.5, 0.6) is 0 Å². The molecule has 0 atom stereocenters. The average molecular weight is 470 g/mol. The molecule has 0 amide bonds. The number of aromatic amines is 1. The number of anilines is 1. The van der Waals surface area contributed by atoms with Gasteiger partial charge < -0.3 is 10.3 Å². The monoisotopic (exact) mass is 469 g/mol. The number of nitrogens with zero attached hydrogens (tertiary/aromatic N) is 3. The maximum atomic E-state index is 12.7. The predicted molar refractivity (Wildman–Crippen MR) is 125 cm³/mol. The Morgan fingerprint density at radius 2 is 1.73 bits per heavy atom. The summed E-state index contributed by atoms with van der Waals surface area (Å²) in [5.41, 5.74) is 2.37. The maximum absolute atomic E-state index is 12.7. The van der Waals surface area contributed by atoms with Gasteiger partial charge >= 0.3 is 6.18 Å². The Hall–Kier alpha value is -3.04. The van der Waals surface area contributed by atoms with Crippen molar-refractivity contribution in [2.75, 3.05) is 18.4 Å². The van der Waals surface area contributed by atoms with Crippen molar-refractivity contribution in [2.45, 2.75) is 30.0 Å². The van der Waals surface area contributed by atoms with Crippen molar-refractivity contribution < 1.29 is 13.2 Å². The summed E-state index contributed by atoms with van der Waals surface area (Å²) in [7, 11) is 0. The first-order valence-corrected chi connectivity index (χ1v) is 11.5. The number of pyridine rings is 2. The highest BCUT2D eigenvalue weighted by Crippen LogP contribution is 2.31. The standard InChI is InChI=1S/C24H22F3N5S/c25-24(26,27)19-3-6-22(29-15-19)31-20-8-11-32(12-9-20)33-21-4-1-16(2-5-21)18-13-17-7-10-28-23(17)30-14-18/h1-7,10,13-15,20H,8-9,11-12H2,(H,28,30)(H,29,31). The Morgan fingerprint density at radius 1 is 0.939 bits per heavy atom. The first kappa shape index (κ1) is 21.8. The predicted octanol–water partition coefficient (Wildman–Crippen LogP) is 6.23. The molecule has 170 valence electrons. The first-order valence-electron chi connectivity index (χ1n) is 10.7. The van der Waals surface area contributed by atoms with Crippen LogP contribution in [0.25, 0.3) is 22.2 Å². The molecule has 2 N–H and O–H groups in total. The third-order valence-corrected chi connectivity index (χ3v) is 6.83. The Kier molecular flexibility index (Phi) is 5.99. The van der Waals surface area contributed by atoms with Crippen LogP contribution in [-0.4, -0.2) is 38.4 Å². The molecule has 0 spiro atoms. The number of hydrogen-bond acceptors (Lipinski definition) is 5. The summed E-state index contributed by atoms with van der Waals surface area (Å²) < 4.78 is 40.4. The van der Waals surface area contributed by atoms with Gasteiger partial charge in [-0.3, -0.25) is 0 Å². The van der Waals surface area contributed by atoms with Crippen molar-refractivity contribution >= 4 is 28.8 Å². The molecule has 1 fully saturated rings. The molecule has 1 aliphatic heterocycles. The van der Waals surface area contributed by atoms with Gasteiger partial charge in [0.2, 0.25) is 0 Å². The molecule has 3 aromatic heterocycles. The van der Waals surface area contributed by atoms with Gasteiger partial charge in [0.05, 0.1) is 5.56 Å². The minimum Gasteiger partial charge on any atom is -0.367 e. The molecule has 0 unspecified atom stereocenters. The molecule has 4 heterocycles. The molecule has 0 radical (unpaired) electrons. The van der Waals surface area contributed by atoms with E-state index in [0.29, 0.717) is 5.82 Å². The van der Waals surface area contributed by atoms with Crippen molar-refractivity contribution in [2.24, 2.45) is 0 Å². The van der Waals surface area contributed by atoms with E-state index in [-0.39, 0.29) is 6.04 Å². The number of nitrogens with one attached hydrogen (secondary N) is 2. The van der Waals surface area contributed by atoms with Crippen LogP contribution in [0.2, 0.25) is 0 Å². The van der Waals surface area contributed by atoms with Gasteiger partial charge in [-0.1, -0.05) is 12.1 Å². The first-order chi connectivity index (χ1) is 15.9. The van der Waals surface area contributed by atoms with Crippen molar-refractivity contribution in [1.29, 1.82) is 0 Å². The van der Waals surface area contributed by atoms with Crippen molar-refractivity contribution in [3.63, 3.8) is 0 Å². The number of benzene rings is 1. The second kappa shape index (κ2) is 9.07. The van der Waals surface area contributed by atoms with Crippen LogP contribution in [0.4, 0.5) is 19.0 Å². The number of H-pyrrole nitrogens is 1. The van der Waals surface area contributed by atoms with E-state index < -0.39 is 11.7 Å². The lowest BCUT2D eigenvalue weighted by Crippen LogP contribution is -2.35. The molecule has 1 aliphatic rings. The van der Waals surface area contributed by atoms with E-state index in [1.807, 2.05) is 18.5 Å². The summed E-state index contributed by atoms with van der Waals surface area (Å²) in [5, 5.41) is 4.35. The normalized spacial score (nSPS) is 15.7. The van der Waals surface area contributed by atoms with E-state index in [9.17, 15) is 13.2 Å². The fraction of sp³-hybridized carbons (Fsp3) is 0.250. The van der Waals surface area contributed by atoms with E-state index >= 15 is 0 Å². The highest BCUT2D eigenvalue weighted by Gasteiger charge is 2.30. The number of piperidine rings is 1. The number of alkyl halides is 3. The van der Waals surface area contributed by atoms with Crippen LogP contribution >= 0.6 is 11.9 Å². The summed E-state index contributed by atoms with van der Waals surface area (Å²) in [6.45, 7) is 1.78. The van der Waals surface area contributed by atoms with Gasteiger partial charge in [-0.05, 0) is 66.8 Å². The van der Waals surface area contributed by atoms with Gasteiger partial charge in [0.1, 0.15) is 11.5 Å². The smallest absolute Gasteiger partial charge is 0.367 e. The van der Waals surface area contributed by atoms with Crippen molar-refractivity contribution in [3.8, 4) is 11.1 Å². The molecule has 1 saturated heterocycles. The van der Waals surface area contributed by atoms with Gasteiger partial charge in [-0.25, -0.2) is 14.3 Å². The molecule has 9 heteroatoms. The number of halogens is 3. The van der Waals surface area contributed by atoms with E-state index in [4.69, 9.17) is 0 Å². The second-order valence-corrected chi connectivity index (χ2v) is 9.20. The SMILES string of the molecule is FC(F)(F)c1ccc(NC2CCN(Sc3ccc(-c4cnc5[nH]ccc5c4)cc3)CC2)nc1. The fourth-order valence-corrected chi connectivity index (χ4v) is 4.85. The summed E-state index contributed by atoms with van der Waals surface area (Å²) in [4.78, 5) is 12.7. The molecule has 4 aromatic rings. The van der Waals surface area contributed by atoms with Crippen LogP contribution in [-0.2, 0) is 6.18 Å². The molecule has 0 aliphatic carbocycles. The van der Waals surface area contributed by atoms with Crippen LogP contribution in [0, 0.1) is 0 Å². The van der Waals surface area contributed by atoms with E-state index in [1.165, 1.54) is 11.0 Å². The largest absolute Gasteiger partial charge is 0.417 e. The molecule has 5 rings (SSSR count). The lowest BCUT2D eigenvalue weighted by molar-refractivity contribution is -0.137. The summed E-state index contributed by atoms with van der Waals surface area (Å²) >= 11 is 1.73. The number of aromatic nitrogens is 3. The zero-order valence-electron chi connectivity index (χ0n) is 17.6. The second-order valence-electron chi connectivity index (χ2n) is 8.03. The highest BCUT2D eigenvalue weighted by molar-refractivity contribution is 7.97. The lowest BCUT2D eigenvalue weighted by atomic mass is 10.1. The summed E-state index contributed by atoms with van der Waals surface area (Å²) in [6, 6.07) is 15.3. The third-order valence-electron chi connectivity index (χ3n) is 5.72. The topological polar surface area (TPSA) is 56.8 Å². The third kappa shape index (κ3) is 5.15. The van der Waals surface area contributed by atoms with Crippen molar-refractivity contribution in [3.05, 3.63) is 72.7 Å². The molecule has 5 nitrogen and oxygen atoms in total. The Morgan fingerprint density at radius 3 is 2.42 bits per heavy atom. The molecule has 1 aromatic carbocycles. The maximum Gasteiger partial charge on any atom is 0.417 e. The molecular formula is C24H22F3N5S.